The standard InChI is InChI=1S/C18H23NO4/c1-3-21-16-7-4-6-13-10-14(11-23-17(13)16)18(20)19-12(2)15-8-5-9-22-15/h4,6-7,10,12,15H,3,5,8-9,11H2,1-2H3,(H,19,20)/t12-,15-/m1/s1. The van der Waals surface area contributed by atoms with Gasteiger partial charge in [0.2, 0.25) is 0 Å². The van der Waals surface area contributed by atoms with Gasteiger partial charge in [-0.15, -0.1) is 0 Å². The third-order valence-corrected chi connectivity index (χ3v) is 4.18. The van der Waals surface area contributed by atoms with Gasteiger partial charge in [0.1, 0.15) is 6.61 Å². The van der Waals surface area contributed by atoms with Gasteiger partial charge < -0.3 is 19.5 Å². The third-order valence-electron chi connectivity index (χ3n) is 4.18. The molecule has 0 aliphatic carbocycles. The number of carbonyl (C=O) groups excluding carboxylic acids is 1. The van der Waals surface area contributed by atoms with E-state index in [0.717, 1.165) is 25.0 Å². The molecule has 0 aromatic heterocycles. The second-order valence-corrected chi connectivity index (χ2v) is 5.88. The lowest BCUT2D eigenvalue weighted by molar-refractivity contribution is -0.119. The molecule has 2 heterocycles. The SMILES string of the molecule is CCOc1cccc2c1OCC(C(=O)N[C@H](C)[C@H]1CCCO1)=C2. The van der Waals surface area contributed by atoms with Crippen LogP contribution in [0.1, 0.15) is 32.3 Å². The zero-order chi connectivity index (χ0) is 16.2. The summed E-state index contributed by atoms with van der Waals surface area (Å²) < 4.78 is 16.9. The Morgan fingerprint density at radius 3 is 3.09 bits per heavy atom. The maximum absolute atomic E-state index is 12.4. The number of amides is 1. The molecular weight excluding hydrogens is 294 g/mol. The molecule has 0 bridgehead atoms. The lowest BCUT2D eigenvalue weighted by atomic mass is 10.1. The van der Waals surface area contributed by atoms with Crippen molar-refractivity contribution in [2.45, 2.75) is 38.8 Å². The van der Waals surface area contributed by atoms with E-state index >= 15 is 0 Å². The first-order valence-corrected chi connectivity index (χ1v) is 8.20. The van der Waals surface area contributed by atoms with Gasteiger partial charge in [-0.05, 0) is 38.8 Å². The Bertz CT molecular complexity index is 605. The molecule has 1 N–H and O–H groups in total. The first-order chi connectivity index (χ1) is 11.2. The number of ether oxygens (including phenoxy) is 3. The molecule has 23 heavy (non-hydrogen) atoms. The van der Waals surface area contributed by atoms with Crippen molar-refractivity contribution in [1.29, 1.82) is 0 Å². The molecule has 1 aromatic rings. The molecule has 2 atom stereocenters. The quantitative estimate of drug-likeness (QED) is 0.907. The minimum atomic E-state index is -0.0968. The van der Waals surface area contributed by atoms with E-state index in [4.69, 9.17) is 14.2 Å². The number of hydrogen-bond acceptors (Lipinski definition) is 4. The lowest BCUT2D eigenvalue weighted by Crippen LogP contribution is -2.42. The summed E-state index contributed by atoms with van der Waals surface area (Å²) in [4.78, 5) is 12.4. The number of nitrogens with one attached hydrogen (secondary N) is 1. The molecular formula is C18H23NO4. The number of benzene rings is 1. The van der Waals surface area contributed by atoms with E-state index in [0.29, 0.717) is 23.7 Å². The van der Waals surface area contributed by atoms with Crippen LogP contribution >= 0.6 is 0 Å². The van der Waals surface area contributed by atoms with Crippen LogP contribution in [0, 0.1) is 0 Å². The number of fused-ring (bicyclic) bond motifs is 1. The number of para-hydroxylation sites is 1. The predicted octanol–water partition coefficient (Wildman–Crippen LogP) is 2.54. The third kappa shape index (κ3) is 3.50. The van der Waals surface area contributed by atoms with Gasteiger partial charge in [0.25, 0.3) is 5.91 Å². The molecule has 2 aliphatic heterocycles. The van der Waals surface area contributed by atoms with Crippen LogP contribution in [0.3, 0.4) is 0 Å². The second kappa shape index (κ2) is 7.04. The molecule has 5 nitrogen and oxygen atoms in total. The Morgan fingerprint density at radius 2 is 2.35 bits per heavy atom. The predicted molar refractivity (Wildman–Crippen MR) is 87.7 cm³/mol. The van der Waals surface area contributed by atoms with E-state index in [1.807, 2.05) is 38.1 Å². The monoisotopic (exact) mass is 317 g/mol. The smallest absolute Gasteiger partial charge is 0.250 e. The van der Waals surface area contributed by atoms with Gasteiger partial charge in [0.15, 0.2) is 11.5 Å². The number of hydrogen-bond donors (Lipinski definition) is 1. The van der Waals surface area contributed by atoms with E-state index < -0.39 is 0 Å². The molecule has 5 heteroatoms. The van der Waals surface area contributed by atoms with Crippen LogP contribution in [0.2, 0.25) is 0 Å². The van der Waals surface area contributed by atoms with Crippen molar-refractivity contribution < 1.29 is 19.0 Å². The van der Waals surface area contributed by atoms with Gasteiger partial charge in [-0.2, -0.15) is 0 Å². The topological polar surface area (TPSA) is 56.8 Å². The van der Waals surface area contributed by atoms with Crippen LogP contribution in [0.15, 0.2) is 23.8 Å². The molecule has 1 saturated heterocycles. The van der Waals surface area contributed by atoms with Gasteiger partial charge in [-0.1, -0.05) is 12.1 Å². The molecule has 0 spiro atoms. The average Bonchev–Trinajstić information content (AvgIpc) is 3.09. The maximum Gasteiger partial charge on any atom is 0.250 e. The van der Waals surface area contributed by atoms with E-state index in [1.165, 1.54) is 0 Å². The summed E-state index contributed by atoms with van der Waals surface area (Å²) in [6.07, 6.45) is 4.04. The molecule has 0 unspecified atom stereocenters. The van der Waals surface area contributed by atoms with Gasteiger partial charge in [-0.25, -0.2) is 0 Å². The Morgan fingerprint density at radius 1 is 1.48 bits per heavy atom. The molecule has 1 fully saturated rings. The minimum Gasteiger partial charge on any atom is -0.490 e. The molecule has 2 aliphatic rings. The fourth-order valence-corrected chi connectivity index (χ4v) is 2.97. The van der Waals surface area contributed by atoms with Crippen LogP contribution in [0.5, 0.6) is 11.5 Å². The first kappa shape index (κ1) is 15.9. The Kier molecular flexibility index (Phi) is 4.86. The summed E-state index contributed by atoms with van der Waals surface area (Å²) in [5.74, 6) is 1.33. The van der Waals surface area contributed by atoms with Crippen molar-refractivity contribution in [3.8, 4) is 11.5 Å². The van der Waals surface area contributed by atoms with Crippen molar-refractivity contribution >= 4 is 12.0 Å². The lowest BCUT2D eigenvalue weighted by Gasteiger charge is -2.23. The van der Waals surface area contributed by atoms with Crippen molar-refractivity contribution in [1.82, 2.24) is 5.32 Å². The number of carbonyl (C=O) groups is 1. The van der Waals surface area contributed by atoms with Crippen molar-refractivity contribution in [3.63, 3.8) is 0 Å². The van der Waals surface area contributed by atoms with Crippen LogP contribution in [0.4, 0.5) is 0 Å². The van der Waals surface area contributed by atoms with Crippen molar-refractivity contribution in [2.24, 2.45) is 0 Å². The summed E-state index contributed by atoms with van der Waals surface area (Å²) in [6, 6.07) is 5.70. The van der Waals surface area contributed by atoms with Crippen molar-refractivity contribution in [2.75, 3.05) is 19.8 Å². The van der Waals surface area contributed by atoms with E-state index in [1.54, 1.807) is 0 Å². The van der Waals surface area contributed by atoms with E-state index in [2.05, 4.69) is 5.32 Å². The van der Waals surface area contributed by atoms with Gasteiger partial charge in [0.05, 0.1) is 24.3 Å². The fourth-order valence-electron chi connectivity index (χ4n) is 2.97. The molecule has 3 rings (SSSR count). The second-order valence-electron chi connectivity index (χ2n) is 5.88. The van der Waals surface area contributed by atoms with Crippen LogP contribution in [-0.4, -0.2) is 37.9 Å². The molecule has 124 valence electrons. The van der Waals surface area contributed by atoms with Crippen LogP contribution < -0.4 is 14.8 Å². The summed E-state index contributed by atoms with van der Waals surface area (Å²) in [6.45, 7) is 5.53. The highest BCUT2D eigenvalue weighted by Gasteiger charge is 2.26. The molecule has 1 amide bonds. The Hall–Kier alpha value is -2.01. The summed E-state index contributed by atoms with van der Waals surface area (Å²) in [7, 11) is 0. The van der Waals surface area contributed by atoms with E-state index in [-0.39, 0.29) is 24.7 Å². The molecule has 0 saturated carbocycles. The van der Waals surface area contributed by atoms with Crippen LogP contribution in [0.25, 0.3) is 6.08 Å². The Labute approximate surface area is 136 Å². The summed E-state index contributed by atoms with van der Waals surface area (Å²) in [5, 5.41) is 3.02. The average molecular weight is 317 g/mol. The van der Waals surface area contributed by atoms with Crippen molar-refractivity contribution in [3.05, 3.63) is 29.3 Å². The van der Waals surface area contributed by atoms with Gasteiger partial charge in [0, 0.05) is 12.2 Å². The fraction of sp³-hybridized carbons (Fsp3) is 0.500. The zero-order valence-electron chi connectivity index (χ0n) is 13.6. The minimum absolute atomic E-state index is 0.00190. The van der Waals surface area contributed by atoms with Gasteiger partial charge in [-0.3, -0.25) is 4.79 Å². The maximum atomic E-state index is 12.4. The first-order valence-electron chi connectivity index (χ1n) is 8.20. The highest BCUT2D eigenvalue weighted by Crippen LogP contribution is 2.35. The van der Waals surface area contributed by atoms with Crippen LogP contribution in [-0.2, 0) is 9.53 Å². The van der Waals surface area contributed by atoms with E-state index in [9.17, 15) is 4.79 Å². The number of rotatable bonds is 5. The molecule has 0 radical (unpaired) electrons. The highest BCUT2D eigenvalue weighted by atomic mass is 16.5. The van der Waals surface area contributed by atoms with Gasteiger partial charge >= 0.3 is 0 Å². The Balaban J connectivity index is 1.71. The zero-order valence-corrected chi connectivity index (χ0v) is 13.6. The highest BCUT2D eigenvalue weighted by molar-refractivity contribution is 5.99. The largest absolute Gasteiger partial charge is 0.490 e. The summed E-state index contributed by atoms with van der Waals surface area (Å²) in [5.41, 5.74) is 1.49. The molecule has 1 aromatic carbocycles. The summed E-state index contributed by atoms with van der Waals surface area (Å²) >= 11 is 0. The normalized spacial score (nSPS) is 21.0.